The average Bonchev–Trinajstić information content (AvgIpc) is 3.37. The van der Waals surface area contributed by atoms with Crippen LogP contribution >= 0.6 is 0 Å². The highest BCUT2D eigenvalue weighted by atomic mass is 16.5. The molecule has 0 radical (unpaired) electrons. The second-order valence-corrected chi connectivity index (χ2v) is 11.7. The Bertz CT molecular complexity index is 1310. The monoisotopic (exact) mass is 530 g/mol. The number of carbonyl (C=O) groups excluding carboxylic acids is 2. The maximum absolute atomic E-state index is 13.5. The number of benzene rings is 2. The van der Waals surface area contributed by atoms with Crippen LogP contribution in [0.2, 0.25) is 0 Å². The van der Waals surface area contributed by atoms with Crippen LogP contribution in [0.25, 0.3) is 10.9 Å². The summed E-state index contributed by atoms with van der Waals surface area (Å²) in [5.41, 5.74) is 4.03. The molecule has 7 heteroatoms. The Labute approximate surface area is 232 Å². The summed E-state index contributed by atoms with van der Waals surface area (Å²) in [6.45, 7) is 2.75. The van der Waals surface area contributed by atoms with Gasteiger partial charge in [0.1, 0.15) is 11.4 Å². The Kier molecular flexibility index (Phi) is 8.15. The number of aromatic nitrogens is 1. The molecule has 2 amide bonds. The minimum Gasteiger partial charge on any atom is -0.493 e. The van der Waals surface area contributed by atoms with E-state index in [4.69, 9.17) is 4.74 Å². The summed E-state index contributed by atoms with van der Waals surface area (Å²) in [7, 11) is 5.98. The number of nitrogens with one attached hydrogen (secondary N) is 1. The average molecular weight is 531 g/mol. The zero-order valence-electron chi connectivity index (χ0n) is 23.7. The van der Waals surface area contributed by atoms with E-state index in [-0.39, 0.29) is 17.2 Å². The first-order valence-electron chi connectivity index (χ1n) is 14.4. The molecule has 0 unspecified atom stereocenters. The normalized spacial score (nSPS) is 18.9. The third-order valence-corrected chi connectivity index (χ3v) is 8.63. The molecule has 1 aromatic heterocycles. The van der Waals surface area contributed by atoms with Crippen molar-refractivity contribution < 1.29 is 14.3 Å². The first-order chi connectivity index (χ1) is 18.8. The second kappa shape index (κ2) is 11.7. The number of aromatic amines is 1. The molecule has 5 rings (SSSR count). The number of hydrogen-bond acceptors (Lipinski definition) is 4. The molecule has 2 aromatic carbocycles. The van der Waals surface area contributed by atoms with Crippen molar-refractivity contribution in [2.45, 2.75) is 51.4 Å². The first kappa shape index (κ1) is 27.1. The molecule has 7 nitrogen and oxygen atoms in total. The van der Waals surface area contributed by atoms with Crippen molar-refractivity contribution in [3.8, 4) is 5.75 Å². The standard InChI is InChI=1S/C32H42N4O3/c1-34(2)26-14-13-25-21-28(33-27(25)22-26)31(38)36-18-16-32(17-19-36)15-7-6-10-24-9-4-5-11-29(24)39-20-8-12-30(37)35(3)23-32/h4-5,9,11,13-14,21-22,33H,6-8,10,12,15-20,23H2,1-3H3. The fourth-order valence-corrected chi connectivity index (χ4v) is 6.20. The molecule has 2 aliphatic rings. The number of hydrogen-bond donors (Lipinski definition) is 1. The van der Waals surface area contributed by atoms with E-state index in [9.17, 15) is 9.59 Å². The molecule has 0 saturated carbocycles. The second-order valence-electron chi connectivity index (χ2n) is 11.7. The van der Waals surface area contributed by atoms with Gasteiger partial charge in [0.05, 0.1) is 6.61 Å². The van der Waals surface area contributed by atoms with Crippen LogP contribution in [-0.2, 0) is 11.2 Å². The van der Waals surface area contributed by atoms with Crippen molar-refractivity contribution in [1.29, 1.82) is 0 Å². The number of likely N-dealkylation sites (tertiary alicyclic amines) is 1. The van der Waals surface area contributed by atoms with E-state index in [2.05, 4.69) is 40.2 Å². The summed E-state index contributed by atoms with van der Waals surface area (Å²) in [6.07, 6.45) is 7.30. The summed E-state index contributed by atoms with van der Waals surface area (Å²) in [4.78, 5) is 35.8. The van der Waals surface area contributed by atoms with Gasteiger partial charge in [-0.15, -0.1) is 0 Å². The van der Waals surface area contributed by atoms with E-state index in [0.29, 0.717) is 25.1 Å². The van der Waals surface area contributed by atoms with Crippen molar-refractivity contribution >= 4 is 28.4 Å². The van der Waals surface area contributed by atoms with Crippen LogP contribution < -0.4 is 9.64 Å². The molecule has 208 valence electrons. The maximum atomic E-state index is 13.5. The largest absolute Gasteiger partial charge is 0.493 e. The Morgan fingerprint density at radius 3 is 2.56 bits per heavy atom. The molecule has 3 heterocycles. The fourth-order valence-electron chi connectivity index (χ4n) is 6.20. The van der Waals surface area contributed by atoms with Gasteiger partial charge in [0.2, 0.25) is 5.91 Å². The number of nitrogens with zero attached hydrogens (tertiary/aromatic N) is 3. The lowest BCUT2D eigenvalue weighted by Gasteiger charge is -2.44. The number of aryl methyl sites for hydroxylation is 1. The van der Waals surface area contributed by atoms with Crippen LogP contribution in [0.5, 0.6) is 5.75 Å². The highest BCUT2D eigenvalue weighted by Gasteiger charge is 2.37. The molecule has 0 bridgehead atoms. The van der Waals surface area contributed by atoms with Crippen LogP contribution in [0.3, 0.4) is 0 Å². The lowest BCUT2D eigenvalue weighted by molar-refractivity contribution is -0.132. The molecule has 2 aliphatic heterocycles. The van der Waals surface area contributed by atoms with E-state index in [0.717, 1.165) is 80.5 Å². The van der Waals surface area contributed by atoms with Gasteiger partial charge in [-0.1, -0.05) is 30.7 Å². The lowest BCUT2D eigenvalue weighted by atomic mass is 9.73. The minimum atomic E-state index is 0.0440. The summed E-state index contributed by atoms with van der Waals surface area (Å²) in [5.74, 6) is 1.19. The van der Waals surface area contributed by atoms with E-state index >= 15 is 0 Å². The number of carbonyl (C=O) groups is 2. The molecule has 0 aliphatic carbocycles. The van der Waals surface area contributed by atoms with E-state index in [1.165, 1.54) is 5.56 Å². The van der Waals surface area contributed by atoms with Gasteiger partial charge in [-0.3, -0.25) is 9.59 Å². The van der Waals surface area contributed by atoms with Crippen molar-refractivity contribution in [3.63, 3.8) is 0 Å². The van der Waals surface area contributed by atoms with E-state index in [1.807, 2.05) is 49.1 Å². The molecule has 0 atom stereocenters. The number of rotatable bonds is 2. The highest BCUT2D eigenvalue weighted by molar-refractivity contribution is 5.98. The number of ether oxygens (including phenoxy) is 1. The van der Waals surface area contributed by atoms with Gasteiger partial charge in [0.15, 0.2) is 0 Å². The van der Waals surface area contributed by atoms with Gasteiger partial charge in [-0.25, -0.2) is 0 Å². The number of amides is 2. The number of H-pyrrole nitrogens is 1. The molecule has 1 saturated heterocycles. The number of piperidine rings is 1. The van der Waals surface area contributed by atoms with Gasteiger partial charge in [-0.2, -0.15) is 0 Å². The molecule has 39 heavy (non-hydrogen) atoms. The zero-order chi connectivity index (χ0) is 27.4. The summed E-state index contributed by atoms with van der Waals surface area (Å²) >= 11 is 0. The predicted octanol–water partition coefficient (Wildman–Crippen LogP) is 5.50. The smallest absolute Gasteiger partial charge is 0.270 e. The molecular weight excluding hydrogens is 488 g/mol. The van der Waals surface area contributed by atoms with Gasteiger partial charge < -0.3 is 24.4 Å². The van der Waals surface area contributed by atoms with Gasteiger partial charge in [-0.05, 0) is 73.8 Å². The molecule has 1 fully saturated rings. The van der Waals surface area contributed by atoms with Crippen molar-refractivity contribution in [3.05, 3.63) is 59.8 Å². The highest BCUT2D eigenvalue weighted by Crippen LogP contribution is 2.38. The quantitative estimate of drug-likeness (QED) is 0.475. The van der Waals surface area contributed by atoms with Crippen molar-refractivity contribution in [2.24, 2.45) is 5.41 Å². The number of fused-ring (bicyclic) bond motifs is 2. The van der Waals surface area contributed by atoms with Crippen molar-refractivity contribution in [1.82, 2.24) is 14.8 Å². The minimum absolute atomic E-state index is 0.0440. The van der Waals surface area contributed by atoms with E-state index < -0.39 is 0 Å². The molecule has 1 N–H and O–H groups in total. The fraction of sp³-hybridized carbons (Fsp3) is 0.500. The Morgan fingerprint density at radius 2 is 1.77 bits per heavy atom. The lowest BCUT2D eigenvalue weighted by Crippen LogP contribution is -2.48. The number of para-hydroxylation sites is 1. The molecule has 3 aromatic rings. The van der Waals surface area contributed by atoms with Gasteiger partial charge >= 0.3 is 0 Å². The number of anilines is 1. The van der Waals surface area contributed by atoms with Gasteiger partial charge in [0.25, 0.3) is 5.91 Å². The SMILES string of the molecule is CN1CC2(CCCCc3ccccc3OCCCC1=O)CCN(C(=O)c1cc3ccc(N(C)C)cc3[nH]1)CC2. The van der Waals surface area contributed by atoms with Gasteiger partial charge in [0, 0.05) is 63.8 Å². The molecule has 1 spiro atoms. The Hall–Kier alpha value is -3.48. The first-order valence-corrected chi connectivity index (χ1v) is 14.4. The third-order valence-electron chi connectivity index (χ3n) is 8.63. The Morgan fingerprint density at radius 1 is 0.974 bits per heavy atom. The topological polar surface area (TPSA) is 68.9 Å². The Balaban J connectivity index is 1.27. The van der Waals surface area contributed by atoms with Crippen LogP contribution in [0, 0.1) is 5.41 Å². The summed E-state index contributed by atoms with van der Waals surface area (Å²) in [6, 6.07) is 16.5. The van der Waals surface area contributed by atoms with E-state index in [1.54, 1.807) is 0 Å². The van der Waals surface area contributed by atoms with Crippen LogP contribution in [-0.4, -0.2) is 74.0 Å². The predicted molar refractivity (Wildman–Crippen MR) is 157 cm³/mol. The zero-order valence-corrected chi connectivity index (χ0v) is 23.7. The van der Waals surface area contributed by atoms with Crippen LogP contribution in [0.15, 0.2) is 48.5 Å². The third kappa shape index (κ3) is 6.23. The maximum Gasteiger partial charge on any atom is 0.270 e. The summed E-state index contributed by atoms with van der Waals surface area (Å²) < 4.78 is 6.02. The van der Waals surface area contributed by atoms with Crippen LogP contribution in [0.4, 0.5) is 5.69 Å². The van der Waals surface area contributed by atoms with Crippen molar-refractivity contribution in [2.75, 3.05) is 52.3 Å². The summed E-state index contributed by atoms with van der Waals surface area (Å²) in [5, 5.41) is 1.05. The molecular formula is C32H42N4O3. The van der Waals surface area contributed by atoms with Crippen LogP contribution in [0.1, 0.15) is 61.0 Å².